The van der Waals surface area contributed by atoms with Crippen molar-refractivity contribution in [3.05, 3.63) is 28.8 Å². The molecule has 0 unspecified atom stereocenters. The molecule has 1 aliphatic rings. The highest BCUT2D eigenvalue weighted by atomic mass is 35.5. The Morgan fingerprint density at radius 2 is 2.20 bits per heavy atom. The molecular formula is C15H21ClN2O2. The molecule has 5 heteroatoms. The zero-order valence-corrected chi connectivity index (χ0v) is 13.4. The first-order valence-electron chi connectivity index (χ1n) is 6.73. The first-order valence-corrected chi connectivity index (χ1v) is 7.10. The Kier molecular flexibility index (Phi) is 3.96. The summed E-state index contributed by atoms with van der Waals surface area (Å²) >= 11 is 5.90. The number of hydrogen-bond acceptors (Lipinski definition) is 3. The smallest absolute Gasteiger partial charge is 0.310 e. The Hall–Kier alpha value is -1.29. The van der Waals surface area contributed by atoms with Gasteiger partial charge in [-0.2, -0.15) is 0 Å². The second-order valence-electron chi connectivity index (χ2n) is 6.23. The van der Waals surface area contributed by atoms with Crippen LogP contribution in [-0.4, -0.2) is 15.5 Å². The van der Waals surface area contributed by atoms with Gasteiger partial charge in [0.1, 0.15) is 17.6 Å². The Labute approximate surface area is 124 Å². The lowest BCUT2D eigenvalue weighted by Gasteiger charge is -2.06. The van der Waals surface area contributed by atoms with E-state index in [-0.39, 0.29) is 29.8 Å². The molecule has 0 aromatic carbocycles. The SMILES string of the molecule is CC(C)=C[C@H]1[C@@H](C(=O)OCc2ncc(Cl)n2C)C1(C)C. The van der Waals surface area contributed by atoms with Crippen molar-refractivity contribution >= 4 is 17.6 Å². The fraction of sp³-hybridized carbons (Fsp3) is 0.600. The lowest BCUT2D eigenvalue weighted by atomic mass is 10.1. The van der Waals surface area contributed by atoms with Crippen LogP contribution in [-0.2, 0) is 23.2 Å². The molecule has 1 heterocycles. The van der Waals surface area contributed by atoms with Crippen LogP contribution >= 0.6 is 11.6 Å². The van der Waals surface area contributed by atoms with Crippen LogP contribution in [0.4, 0.5) is 0 Å². The summed E-state index contributed by atoms with van der Waals surface area (Å²) in [5.74, 6) is 0.704. The molecule has 2 atom stereocenters. The number of carbonyl (C=O) groups excluding carboxylic acids is 1. The van der Waals surface area contributed by atoms with E-state index >= 15 is 0 Å². The Balaban J connectivity index is 1.97. The van der Waals surface area contributed by atoms with Crippen molar-refractivity contribution in [2.45, 2.75) is 34.3 Å². The van der Waals surface area contributed by atoms with E-state index in [1.54, 1.807) is 17.8 Å². The summed E-state index contributed by atoms with van der Waals surface area (Å²) in [6, 6.07) is 0. The number of esters is 1. The van der Waals surface area contributed by atoms with Gasteiger partial charge in [0.2, 0.25) is 0 Å². The average Bonchev–Trinajstić information content (AvgIpc) is 2.71. The van der Waals surface area contributed by atoms with Crippen LogP contribution < -0.4 is 0 Å². The molecule has 1 saturated carbocycles. The highest BCUT2D eigenvalue weighted by molar-refractivity contribution is 6.29. The third-order valence-electron chi connectivity index (χ3n) is 4.05. The van der Waals surface area contributed by atoms with Gasteiger partial charge in [-0.1, -0.05) is 37.1 Å². The topological polar surface area (TPSA) is 44.1 Å². The van der Waals surface area contributed by atoms with Crippen LogP contribution in [0, 0.1) is 17.3 Å². The number of rotatable bonds is 4. The minimum atomic E-state index is -0.156. The van der Waals surface area contributed by atoms with Crippen molar-refractivity contribution < 1.29 is 9.53 Å². The Bertz CT molecular complexity index is 556. The number of carbonyl (C=O) groups is 1. The van der Waals surface area contributed by atoms with Crippen molar-refractivity contribution in [1.82, 2.24) is 9.55 Å². The van der Waals surface area contributed by atoms with Crippen LogP contribution in [0.25, 0.3) is 0 Å². The van der Waals surface area contributed by atoms with E-state index in [1.807, 2.05) is 13.8 Å². The minimum Gasteiger partial charge on any atom is -0.457 e. The predicted octanol–water partition coefficient (Wildman–Crippen LogP) is 3.36. The largest absolute Gasteiger partial charge is 0.457 e. The number of ether oxygens (including phenoxy) is 1. The van der Waals surface area contributed by atoms with Crippen LogP contribution in [0.15, 0.2) is 17.8 Å². The molecule has 2 rings (SSSR count). The second kappa shape index (κ2) is 5.24. The van der Waals surface area contributed by atoms with E-state index in [0.29, 0.717) is 11.0 Å². The number of halogens is 1. The average molecular weight is 297 g/mol. The van der Waals surface area contributed by atoms with Gasteiger partial charge in [0.15, 0.2) is 0 Å². The van der Waals surface area contributed by atoms with Gasteiger partial charge in [-0.15, -0.1) is 0 Å². The molecule has 1 fully saturated rings. The summed E-state index contributed by atoms with van der Waals surface area (Å²) in [6.45, 7) is 8.46. The first kappa shape index (κ1) is 15.1. The maximum atomic E-state index is 12.2. The molecule has 4 nitrogen and oxygen atoms in total. The molecule has 1 aliphatic carbocycles. The molecule has 0 amide bonds. The van der Waals surface area contributed by atoms with Gasteiger partial charge in [-0.3, -0.25) is 4.79 Å². The molecule has 0 aliphatic heterocycles. The highest BCUT2D eigenvalue weighted by Crippen LogP contribution is 2.59. The van der Waals surface area contributed by atoms with Crippen molar-refractivity contribution in [2.24, 2.45) is 24.3 Å². The maximum absolute atomic E-state index is 12.2. The third kappa shape index (κ3) is 2.75. The number of hydrogen-bond donors (Lipinski definition) is 0. The third-order valence-corrected chi connectivity index (χ3v) is 4.40. The number of allylic oxidation sites excluding steroid dienone is 2. The van der Waals surface area contributed by atoms with E-state index in [2.05, 4.69) is 24.9 Å². The molecule has 0 radical (unpaired) electrons. The minimum absolute atomic E-state index is 0.0202. The summed E-state index contributed by atoms with van der Waals surface area (Å²) in [5.41, 5.74) is 1.21. The molecule has 20 heavy (non-hydrogen) atoms. The van der Waals surface area contributed by atoms with E-state index in [9.17, 15) is 4.79 Å². The zero-order valence-electron chi connectivity index (χ0n) is 12.6. The molecule has 1 aromatic heterocycles. The van der Waals surface area contributed by atoms with Crippen LogP contribution in [0.1, 0.15) is 33.5 Å². The van der Waals surface area contributed by atoms with Gasteiger partial charge in [-0.25, -0.2) is 4.98 Å². The van der Waals surface area contributed by atoms with Crippen molar-refractivity contribution in [1.29, 1.82) is 0 Å². The van der Waals surface area contributed by atoms with Gasteiger partial charge in [0.25, 0.3) is 0 Å². The standard InChI is InChI=1S/C15H21ClN2O2/c1-9(2)6-10-13(15(10,3)4)14(19)20-8-12-17-7-11(16)18(12)5/h6-7,10,13H,8H2,1-5H3/t10-,13-/m0/s1. The molecular weight excluding hydrogens is 276 g/mol. The van der Waals surface area contributed by atoms with Gasteiger partial charge in [0.05, 0.1) is 12.1 Å². The normalized spacial score (nSPS) is 23.3. The summed E-state index contributed by atoms with van der Waals surface area (Å²) in [5, 5.41) is 0.533. The summed E-state index contributed by atoms with van der Waals surface area (Å²) in [6.07, 6.45) is 3.71. The molecule has 0 N–H and O–H groups in total. The summed E-state index contributed by atoms with van der Waals surface area (Å²) in [4.78, 5) is 16.3. The van der Waals surface area contributed by atoms with Crippen LogP contribution in [0.2, 0.25) is 5.15 Å². The fourth-order valence-corrected chi connectivity index (χ4v) is 2.73. The molecule has 1 aromatic rings. The lowest BCUT2D eigenvalue weighted by Crippen LogP contribution is -2.12. The number of imidazole rings is 1. The van der Waals surface area contributed by atoms with E-state index in [0.717, 1.165) is 0 Å². The van der Waals surface area contributed by atoms with E-state index in [4.69, 9.17) is 16.3 Å². The molecule has 110 valence electrons. The molecule has 0 saturated heterocycles. The molecule has 0 bridgehead atoms. The second-order valence-corrected chi connectivity index (χ2v) is 6.62. The van der Waals surface area contributed by atoms with Gasteiger partial charge in [-0.05, 0) is 25.2 Å². The first-order chi connectivity index (χ1) is 9.25. The van der Waals surface area contributed by atoms with Crippen LogP contribution in [0.5, 0.6) is 0 Å². The summed E-state index contributed by atoms with van der Waals surface area (Å²) in [7, 11) is 1.80. The summed E-state index contributed by atoms with van der Waals surface area (Å²) < 4.78 is 7.09. The Morgan fingerprint density at radius 1 is 1.55 bits per heavy atom. The quantitative estimate of drug-likeness (QED) is 0.632. The Morgan fingerprint density at radius 3 is 2.70 bits per heavy atom. The lowest BCUT2D eigenvalue weighted by molar-refractivity contribution is -0.147. The zero-order chi connectivity index (χ0) is 15.1. The fourth-order valence-electron chi connectivity index (χ4n) is 2.58. The van der Waals surface area contributed by atoms with Crippen molar-refractivity contribution in [3.63, 3.8) is 0 Å². The van der Waals surface area contributed by atoms with Crippen molar-refractivity contribution in [3.8, 4) is 0 Å². The number of aromatic nitrogens is 2. The highest BCUT2D eigenvalue weighted by Gasteiger charge is 2.61. The monoisotopic (exact) mass is 296 g/mol. The predicted molar refractivity (Wildman–Crippen MR) is 78.2 cm³/mol. The van der Waals surface area contributed by atoms with Gasteiger partial charge in [0, 0.05) is 7.05 Å². The molecule has 0 spiro atoms. The van der Waals surface area contributed by atoms with E-state index < -0.39 is 0 Å². The number of nitrogens with zero attached hydrogens (tertiary/aromatic N) is 2. The van der Waals surface area contributed by atoms with Crippen molar-refractivity contribution in [2.75, 3.05) is 0 Å². The van der Waals surface area contributed by atoms with Gasteiger partial charge < -0.3 is 9.30 Å². The van der Waals surface area contributed by atoms with Gasteiger partial charge >= 0.3 is 5.97 Å². The maximum Gasteiger partial charge on any atom is 0.310 e. The van der Waals surface area contributed by atoms with E-state index in [1.165, 1.54) is 5.57 Å². The van der Waals surface area contributed by atoms with Crippen LogP contribution in [0.3, 0.4) is 0 Å².